The van der Waals surface area contributed by atoms with Gasteiger partial charge in [0.25, 0.3) is 0 Å². The van der Waals surface area contributed by atoms with Crippen molar-refractivity contribution in [3.8, 4) is 0 Å². The highest BCUT2D eigenvalue weighted by Crippen LogP contribution is 2.23. The van der Waals surface area contributed by atoms with Gasteiger partial charge in [-0.1, -0.05) is 181 Å². The molecule has 1 rings (SSSR count). The summed E-state index contributed by atoms with van der Waals surface area (Å²) in [4.78, 5) is 5.35. The molecule has 232 valence electrons. The van der Waals surface area contributed by atoms with Crippen LogP contribution in [0.25, 0.3) is 0 Å². The maximum absolute atomic E-state index is 2.68. The van der Waals surface area contributed by atoms with Crippen molar-refractivity contribution in [2.45, 2.75) is 213 Å². The predicted octanol–water partition coefficient (Wildman–Crippen LogP) is 12.8. The Morgan fingerprint density at radius 3 is 0.872 bits per heavy atom. The molecule has 0 fully saturated rings. The van der Waals surface area contributed by atoms with Gasteiger partial charge in [-0.05, 0) is 25.7 Å². The summed E-state index contributed by atoms with van der Waals surface area (Å²) in [6, 6.07) is 0. The molecule has 0 aromatic carbocycles. The summed E-state index contributed by atoms with van der Waals surface area (Å²) in [6.45, 7) is 9.48. The van der Waals surface area contributed by atoms with Crippen molar-refractivity contribution in [2.24, 2.45) is 0 Å². The second kappa shape index (κ2) is 28.9. The lowest BCUT2D eigenvalue weighted by atomic mass is 10.0. The van der Waals surface area contributed by atoms with E-state index in [1.807, 2.05) is 0 Å². The zero-order valence-corrected chi connectivity index (χ0v) is 27.5. The summed E-state index contributed by atoms with van der Waals surface area (Å²) >= 11 is 0. The van der Waals surface area contributed by atoms with Crippen molar-refractivity contribution >= 4 is 0 Å². The van der Waals surface area contributed by atoms with Crippen LogP contribution in [0, 0.1) is 0 Å². The molecular weight excluding hydrogens is 472 g/mol. The monoisotopic (exact) mass is 547 g/mol. The van der Waals surface area contributed by atoms with Gasteiger partial charge in [0.1, 0.15) is 6.17 Å². The average molecular weight is 547 g/mol. The fraction of sp³-hybridized carbons (Fsp3) is 0.946. The number of rotatable bonds is 31. The molecule has 0 amide bonds. The highest BCUT2D eigenvalue weighted by molar-refractivity contribution is 4.96. The summed E-state index contributed by atoms with van der Waals surface area (Å²) in [5, 5.41) is 0. The van der Waals surface area contributed by atoms with Gasteiger partial charge in [-0.2, -0.15) is 0 Å². The quantitative estimate of drug-likeness (QED) is 0.0798. The molecular formula is C37H74N2. The minimum atomic E-state index is 0.639. The first-order chi connectivity index (χ1) is 19.3. The number of nitrogens with zero attached hydrogens (tertiary/aromatic N) is 2. The van der Waals surface area contributed by atoms with Crippen molar-refractivity contribution in [3.05, 3.63) is 12.4 Å². The Morgan fingerprint density at radius 2 is 0.590 bits per heavy atom. The predicted molar refractivity (Wildman–Crippen MR) is 177 cm³/mol. The van der Waals surface area contributed by atoms with E-state index in [4.69, 9.17) is 0 Å². The van der Waals surface area contributed by atoms with E-state index >= 15 is 0 Å². The van der Waals surface area contributed by atoms with E-state index in [9.17, 15) is 0 Å². The summed E-state index contributed by atoms with van der Waals surface area (Å²) in [6.07, 6.45) is 47.0. The van der Waals surface area contributed by atoms with Gasteiger partial charge in [0.15, 0.2) is 0 Å². The molecule has 1 unspecified atom stereocenters. The van der Waals surface area contributed by atoms with Gasteiger partial charge >= 0.3 is 0 Å². The van der Waals surface area contributed by atoms with E-state index < -0.39 is 0 Å². The first-order valence-electron chi connectivity index (χ1n) is 18.5. The molecule has 0 saturated carbocycles. The van der Waals surface area contributed by atoms with Gasteiger partial charge in [-0.25, -0.2) is 0 Å². The van der Waals surface area contributed by atoms with Gasteiger partial charge in [0.2, 0.25) is 0 Å². The molecule has 0 bridgehead atoms. The van der Waals surface area contributed by atoms with Crippen LogP contribution in [-0.2, 0) is 0 Å². The van der Waals surface area contributed by atoms with Crippen molar-refractivity contribution in [1.29, 1.82) is 0 Å². The summed E-state index contributed by atoms with van der Waals surface area (Å²) in [7, 11) is 0. The van der Waals surface area contributed by atoms with Crippen molar-refractivity contribution in [2.75, 3.05) is 13.1 Å². The Morgan fingerprint density at radius 1 is 0.333 bits per heavy atom. The normalized spacial score (nSPS) is 15.2. The number of hydrogen-bond donors (Lipinski definition) is 0. The molecule has 0 spiro atoms. The topological polar surface area (TPSA) is 6.48 Å². The Kier molecular flexibility index (Phi) is 26.9. The third-order valence-electron chi connectivity index (χ3n) is 9.07. The maximum atomic E-state index is 2.68. The van der Waals surface area contributed by atoms with Crippen LogP contribution >= 0.6 is 0 Å². The first-order valence-corrected chi connectivity index (χ1v) is 18.5. The van der Waals surface area contributed by atoms with Crippen LogP contribution in [0.1, 0.15) is 207 Å². The molecule has 2 nitrogen and oxygen atoms in total. The van der Waals surface area contributed by atoms with Gasteiger partial charge in [-0.15, -0.1) is 0 Å². The highest BCUT2D eigenvalue weighted by Gasteiger charge is 2.24. The van der Waals surface area contributed by atoms with Crippen LogP contribution in [0.2, 0.25) is 0 Å². The Hall–Kier alpha value is -0.660. The molecule has 1 aliphatic rings. The van der Waals surface area contributed by atoms with Gasteiger partial charge in [-0.3, -0.25) is 0 Å². The molecule has 1 aliphatic heterocycles. The molecule has 0 radical (unpaired) electrons. The lowest BCUT2D eigenvalue weighted by Gasteiger charge is -2.33. The van der Waals surface area contributed by atoms with Crippen LogP contribution in [0.4, 0.5) is 0 Å². The SMILES string of the molecule is CCCCCCCCCCCCCCCCCCCN1C=CN(CCCCCCCCCCC)C1CCCC. The molecule has 2 heteroatoms. The van der Waals surface area contributed by atoms with Crippen molar-refractivity contribution < 1.29 is 0 Å². The van der Waals surface area contributed by atoms with Gasteiger partial charge in [0.05, 0.1) is 0 Å². The van der Waals surface area contributed by atoms with Crippen LogP contribution in [-0.4, -0.2) is 29.1 Å². The Labute approximate surface area is 248 Å². The second-order valence-corrected chi connectivity index (χ2v) is 12.9. The molecule has 0 N–H and O–H groups in total. The van der Waals surface area contributed by atoms with Crippen LogP contribution in [0.15, 0.2) is 12.4 Å². The van der Waals surface area contributed by atoms with Crippen molar-refractivity contribution in [3.63, 3.8) is 0 Å². The van der Waals surface area contributed by atoms with E-state index in [1.54, 1.807) is 0 Å². The first kappa shape index (κ1) is 36.4. The number of hydrogen-bond acceptors (Lipinski definition) is 2. The number of unbranched alkanes of at least 4 members (excludes halogenated alkanes) is 25. The van der Waals surface area contributed by atoms with E-state index in [0.29, 0.717) is 6.17 Å². The molecule has 1 heterocycles. The fourth-order valence-corrected chi connectivity index (χ4v) is 6.35. The van der Waals surface area contributed by atoms with E-state index in [-0.39, 0.29) is 0 Å². The lowest BCUT2D eigenvalue weighted by molar-refractivity contribution is 0.136. The van der Waals surface area contributed by atoms with Gasteiger partial charge in [0, 0.05) is 25.5 Å². The molecule has 0 aliphatic carbocycles. The highest BCUT2D eigenvalue weighted by atomic mass is 15.4. The third kappa shape index (κ3) is 21.7. The van der Waals surface area contributed by atoms with Gasteiger partial charge < -0.3 is 9.80 Å². The van der Waals surface area contributed by atoms with Crippen LogP contribution in [0.5, 0.6) is 0 Å². The Balaban J connectivity index is 1.98. The zero-order valence-electron chi connectivity index (χ0n) is 27.5. The zero-order chi connectivity index (χ0) is 28.1. The van der Waals surface area contributed by atoms with E-state index in [2.05, 4.69) is 43.0 Å². The second-order valence-electron chi connectivity index (χ2n) is 12.9. The van der Waals surface area contributed by atoms with Crippen molar-refractivity contribution in [1.82, 2.24) is 9.80 Å². The van der Waals surface area contributed by atoms with Crippen LogP contribution < -0.4 is 0 Å². The molecule has 0 aromatic rings. The minimum absolute atomic E-state index is 0.639. The lowest BCUT2D eigenvalue weighted by Crippen LogP contribution is -2.39. The summed E-state index contributed by atoms with van der Waals surface area (Å²) in [5.74, 6) is 0. The maximum Gasteiger partial charge on any atom is 0.101 e. The average Bonchev–Trinajstić information content (AvgIpc) is 3.33. The van der Waals surface area contributed by atoms with E-state index in [0.717, 1.165) is 0 Å². The van der Waals surface area contributed by atoms with Crippen LogP contribution in [0.3, 0.4) is 0 Å². The minimum Gasteiger partial charge on any atom is -0.356 e. The molecule has 39 heavy (non-hydrogen) atoms. The molecule has 0 aromatic heterocycles. The summed E-state index contributed by atoms with van der Waals surface area (Å²) in [5.41, 5.74) is 0. The molecule has 0 saturated heterocycles. The summed E-state index contributed by atoms with van der Waals surface area (Å²) < 4.78 is 0. The standard InChI is InChI=1S/C37H74N2/c1-4-7-10-12-14-16-17-18-19-20-21-22-23-25-27-29-31-34-39-36-35-38(37(39)32-9-6-3)33-30-28-26-24-15-13-11-8-5-2/h35-37H,4-34H2,1-3H3. The smallest absolute Gasteiger partial charge is 0.101 e. The largest absolute Gasteiger partial charge is 0.356 e. The molecule has 1 atom stereocenters. The fourth-order valence-electron chi connectivity index (χ4n) is 6.35. The Bertz CT molecular complexity index is 502. The third-order valence-corrected chi connectivity index (χ3v) is 9.07. The van der Waals surface area contributed by atoms with E-state index in [1.165, 1.54) is 199 Å².